The Kier molecular flexibility index (Phi) is 3.63. The molecule has 0 aliphatic carbocycles. The lowest BCUT2D eigenvalue weighted by Crippen LogP contribution is -2.49. The molecule has 0 aromatic rings. The maximum atomic E-state index is 2.62. The van der Waals surface area contributed by atoms with Crippen LogP contribution < -0.4 is 0 Å². The fraction of sp³-hybridized carbons (Fsp3) is 1.00. The van der Waals surface area contributed by atoms with Crippen LogP contribution in [0.5, 0.6) is 0 Å². The summed E-state index contributed by atoms with van der Waals surface area (Å²) in [7, 11) is 0. The van der Waals surface area contributed by atoms with E-state index in [2.05, 4.69) is 46.4 Å². The third kappa shape index (κ3) is 2.50. The van der Waals surface area contributed by atoms with Gasteiger partial charge >= 0.3 is 0 Å². The van der Waals surface area contributed by atoms with Gasteiger partial charge in [0.15, 0.2) is 0 Å². The van der Waals surface area contributed by atoms with Crippen molar-refractivity contribution in [2.75, 3.05) is 13.1 Å². The predicted molar refractivity (Wildman–Crippen MR) is 63.4 cm³/mol. The van der Waals surface area contributed by atoms with Gasteiger partial charge in [-0.15, -0.1) is 0 Å². The van der Waals surface area contributed by atoms with Gasteiger partial charge in [-0.05, 0) is 44.1 Å². The second-order valence-electron chi connectivity index (χ2n) is 6.19. The highest BCUT2D eigenvalue weighted by atomic mass is 15.2. The van der Waals surface area contributed by atoms with E-state index in [9.17, 15) is 0 Å². The van der Waals surface area contributed by atoms with Gasteiger partial charge in [0.2, 0.25) is 0 Å². The topological polar surface area (TPSA) is 3.24 Å². The van der Waals surface area contributed by atoms with Gasteiger partial charge in [-0.1, -0.05) is 27.7 Å². The minimum atomic E-state index is 0.497. The Morgan fingerprint density at radius 1 is 1.14 bits per heavy atom. The Morgan fingerprint density at radius 3 is 2.07 bits per heavy atom. The quantitative estimate of drug-likeness (QED) is 0.656. The lowest BCUT2D eigenvalue weighted by atomic mass is 9.68. The molecule has 0 aromatic carbocycles. The fourth-order valence-corrected chi connectivity index (χ4v) is 3.09. The van der Waals surface area contributed by atoms with Crippen LogP contribution in [-0.2, 0) is 0 Å². The number of nitrogens with zero attached hydrogens (tertiary/aromatic N) is 1. The van der Waals surface area contributed by atoms with Gasteiger partial charge in [-0.2, -0.15) is 0 Å². The molecule has 1 unspecified atom stereocenters. The molecule has 0 bridgehead atoms. The predicted octanol–water partition coefficient (Wildman–Crippen LogP) is 3.40. The highest BCUT2D eigenvalue weighted by Gasteiger charge is 2.37. The summed E-state index contributed by atoms with van der Waals surface area (Å²) in [4.78, 5) is 2.62. The van der Waals surface area contributed by atoms with Gasteiger partial charge in [0.25, 0.3) is 0 Å². The molecular weight excluding hydrogens is 170 g/mol. The molecule has 0 aromatic heterocycles. The van der Waals surface area contributed by atoms with E-state index in [4.69, 9.17) is 0 Å². The molecule has 1 rings (SSSR count). The van der Waals surface area contributed by atoms with E-state index in [0.29, 0.717) is 11.5 Å². The summed E-state index contributed by atoms with van der Waals surface area (Å²) < 4.78 is 0. The molecule has 1 heterocycles. The molecule has 0 N–H and O–H groups in total. The van der Waals surface area contributed by atoms with Crippen molar-refractivity contribution in [3.05, 3.63) is 0 Å². The third-order valence-corrected chi connectivity index (χ3v) is 3.88. The summed E-state index contributed by atoms with van der Waals surface area (Å²) in [5.41, 5.74) is 0.497. The normalized spacial score (nSPS) is 28.7. The van der Waals surface area contributed by atoms with Crippen LogP contribution in [0.3, 0.4) is 0 Å². The first kappa shape index (κ1) is 12.0. The molecule has 84 valence electrons. The largest absolute Gasteiger partial charge is 0.300 e. The van der Waals surface area contributed by atoms with Crippen molar-refractivity contribution in [1.29, 1.82) is 0 Å². The molecule has 1 aliphatic rings. The molecule has 1 atom stereocenters. The molecular formula is C13H27N. The van der Waals surface area contributed by atoms with E-state index in [1.165, 1.54) is 19.5 Å². The van der Waals surface area contributed by atoms with Crippen molar-refractivity contribution in [2.45, 2.75) is 54.0 Å². The van der Waals surface area contributed by atoms with Crippen LogP contribution in [0.4, 0.5) is 0 Å². The molecule has 14 heavy (non-hydrogen) atoms. The first-order valence-corrected chi connectivity index (χ1v) is 6.08. The van der Waals surface area contributed by atoms with E-state index in [-0.39, 0.29) is 0 Å². The number of likely N-dealkylation sites (tertiary alicyclic amines) is 1. The summed E-state index contributed by atoms with van der Waals surface area (Å²) in [5.74, 6) is 1.73. The lowest BCUT2D eigenvalue weighted by molar-refractivity contribution is 0.0147. The average molecular weight is 197 g/mol. The number of hydrogen-bond donors (Lipinski definition) is 0. The molecule has 1 heteroatoms. The van der Waals surface area contributed by atoms with Crippen molar-refractivity contribution in [1.82, 2.24) is 4.90 Å². The van der Waals surface area contributed by atoms with Gasteiger partial charge in [0.05, 0.1) is 0 Å². The van der Waals surface area contributed by atoms with Gasteiger partial charge in [0, 0.05) is 12.6 Å². The maximum absolute atomic E-state index is 2.62. The standard InChI is InChI=1S/C13H27N/c1-10(2)12-7-8-14(11(3)4)9-13(12,5)6/h10-12H,7-9H2,1-6H3. The third-order valence-electron chi connectivity index (χ3n) is 3.88. The zero-order valence-electron chi connectivity index (χ0n) is 10.8. The second-order valence-corrected chi connectivity index (χ2v) is 6.19. The molecule has 0 radical (unpaired) electrons. The fourth-order valence-electron chi connectivity index (χ4n) is 3.09. The van der Waals surface area contributed by atoms with Crippen LogP contribution >= 0.6 is 0 Å². The Bertz CT molecular complexity index is 182. The van der Waals surface area contributed by atoms with Crippen molar-refractivity contribution in [3.63, 3.8) is 0 Å². The minimum absolute atomic E-state index is 0.497. The van der Waals surface area contributed by atoms with Gasteiger partial charge in [0.1, 0.15) is 0 Å². The summed E-state index contributed by atoms with van der Waals surface area (Å²) >= 11 is 0. The first-order valence-electron chi connectivity index (χ1n) is 6.08. The first-order chi connectivity index (χ1) is 6.34. The smallest absolute Gasteiger partial charge is 0.00388 e. The summed E-state index contributed by atoms with van der Waals surface area (Å²) in [6.07, 6.45) is 1.38. The van der Waals surface area contributed by atoms with Crippen LogP contribution in [0.2, 0.25) is 0 Å². The van der Waals surface area contributed by atoms with E-state index < -0.39 is 0 Å². The molecule has 1 aliphatic heterocycles. The monoisotopic (exact) mass is 197 g/mol. The van der Waals surface area contributed by atoms with Crippen LogP contribution in [0.25, 0.3) is 0 Å². The van der Waals surface area contributed by atoms with Crippen molar-refractivity contribution in [3.8, 4) is 0 Å². The Hall–Kier alpha value is -0.0400. The van der Waals surface area contributed by atoms with E-state index in [0.717, 1.165) is 11.8 Å². The molecule has 1 fully saturated rings. The van der Waals surface area contributed by atoms with E-state index in [1.807, 2.05) is 0 Å². The zero-order chi connectivity index (χ0) is 10.9. The zero-order valence-corrected chi connectivity index (χ0v) is 10.8. The number of piperidine rings is 1. The van der Waals surface area contributed by atoms with Crippen molar-refractivity contribution < 1.29 is 0 Å². The second kappa shape index (κ2) is 4.22. The Labute approximate surface area is 89.9 Å². The van der Waals surface area contributed by atoms with Crippen LogP contribution in [-0.4, -0.2) is 24.0 Å². The van der Waals surface area contributed by atoms with Crippen LogP contribution in [0.1, 0.15) is 48.0 Å². The van der Waals surface area contributed by atoms with Crippen LogP contribution in [0, 0.1) is 17.3 Å². The Balaban J connectivity index is 2.65. The maximum Gasteiger partial charge on any atom is 0.00388 e. The van der Waals surface area contributed by atoms with Gasteiger partial charge < -0.3 is 4.90 Å². The molecule has 0 amide bonds. The molecule has 1 saturated heterocycles. The average Bonchev–Trinajstić information content (AvgIpc) is 2.01. The van der Waals surface area contributed by atoms with Crippen LogP contribution in [0.15, 0.2) is 0 Å². The summed E-state index contributed by atoms with van der Waals surface area (Å²) in [6.45, 7) is 16.8. The summed E-state index contributed by atoms with van der Waals surface area (Å²) in [5, 5.41) is 0. The highest BCUT2D eigenvalue weighted by Crippen LogP contribution is 2.39. The number of rotatable bonds is 2. The van der Waals surface area contributed by atoms with Gasteiger partial charge in [-0.25, -0.2) is 0 Å². The number of hydrogen-bond acceptors (Lipinski definition) is 1. The SMILES string of the molecule is CC(C)C1CCN(C(C)C)CC1(C)C. The Morgan fingerprint density at radius 2 is 1.71 bits per heavy atom. The minimum Gasteiger partial charge on any atom is -0.300 e. The highest BCUT2D eigenvalue weighted by molar-refractivity contribution is 4.89. The van der Waals surface area contributed by atoms with E-state index in [1.54, 1.807) is 0 Å². The summed E-state index contributed by atoms with van der Waals surface area (Å²) in [6, 6.07) is 0.711. The molecule has 1 nitrogen and oxygen atoms in total. The van der Waals surface area contributed by atoms with Crippen molar-refractivity contribution >= 4 is 0 Å². The molecule has 0 spiro atoms. The van der Waals surface area contributed by atoms with Crippen molar-refractivity contribution in [2.24, 2.45) is 17.3 Å². The van der Waals surface area contributed by atoms with E-state index >= 15 is 0 Å². The lowest BCUT2D eigenvalue weighted by Gasteiger charge is -2.47. The van der Waals surface area contributed by atoms with Gasteiger partial charge in [-0.3, -0.25) is 0 Å². The molecule has 0 saturated carbocycles.